The van der Waals surface area contributed by atoms with E-state index in [0.717, 1.165) is 11.1 Å². The molecule has 5 heteroatoms. The monoisotopic (exact) mass is 232 g/mol. The van der Waals surface area contributed by atoms with Crippen LogP contribution in [0.25, 0.3) is 0 Å². The molecule has 0 spiro atoms. The van der Waals surface area contributed by atoms with Crippen molar-refractivity contribution in [2.45, 2.75) is 20.1 Å². The molecule has 1 heterocycles. The highest BCUT2D eigenvalue weighted by Gasteiger charge is 2.23. The topological polar surface area (TPSA) is 67.8 Å². The van der Waals surface area contributed by atoms with Crippen molar-refractivity contribution in [3.8, 4) is 0 Å². The predicted octanol–water partition coefficient (Wildman–Crippen LogP) is 1.26. The fraction of sp³-hybridized carbons (Fsp3) is 0.250. The number of benzodiazepines with no additional fused rings is 1. The summed E-state index contributed by atoms with van der Waals surface area (Å²) < 4.78 is 4.80. The SMILES string of the molecule is CC(=O)OC1N=Cc2cc(C)ccc2NC1=O. The first-order chi connectivity index (χ1) is 8.06. The van der Waals surface area contributed by atoms with Crippen LogP contribution in [0.3, 0.4) is 0 Å². The van der Waals surface area contributed by atoms with Crippen LogP contribution >= 0.6 is 0 Å². The van der Waals surface area contributed by atoms with Crippen molar-refractivity contribution in [3.63, 3.8) is 0 Å². The van der Waals surface area contributed by atoms with Gasteiger partial charge in [0.05, 0.1) is 0 Å². The molecule has 1 atom stereocenters. The summed E-state index contributed by atoms with van der Waals surface area (Å²) in [5.74, 6) is -0.983. The van der Waals surface area contributed by atoms with Crippen molar-refractivity contribution in [2.24, 2.45) is 4.99 Å². The Morgan fingerprint density at radius 3 is 2.94 bits per heavy atom. The van der Waals surface area contributed by atoms with Gasteiger partial charge in [-0.15, -0.1) is 0 Å². The molecule has 88 valence electrons. The number of anilines is 1. The maximum absolute atomic E-state index is 11.7. The normalized spacial score (nSPS) is 18.0. The standard InChI is InChI=1S/C12H12N2O3/c1-7-3-4-10-9(5-7)6-13-12(11(16)14-10)17-8(2)15/h3-6,12H,1-2H3,(H,14,16). The summed E-state index contributed by atoms with van der Waals surface area (Å²) >= 11 is 0. The minimum Gasteiger partial charge on any atom is -0.430 e. The Kier molecular flexibility index (Phi) is 2.91. The Bertz CT molecular complexity index is 508. The molecule has 0 radical (unpaired) electrons. The molecule has 1 aromatic rings. The number of carbonyl (C=O) groups is 2. The van der Waals surface area contributed by atoms with Crippen LogP contribution in [0.1, 0.15) is 18.1 Å². The minimum atomic E-state index is -1.11. The van der Waals surface area contributed by atoms with Crippen molar-refractivity contribution in [1.29, 1.82) is 0 Å². The molecule has 0 aliphatic carbocycles. The average Bonchev–Trinajstić information content (AvgIpc) is 2.39. The quantitative estimate of drug-likeness (QED) is 0.741. The first-order valence-corrected chi connectivity index (χ1v) is 5.18. The second-order valence-electron chi connectivity index (χ2n) is 3.82. The van der Waals surface area contributed by atoms with E-state index in [1.807, 2.05) is 19.1 Å². The van der Waals surface area contributed by atoms with E-state index in [1.165, 1.54) is 13.1 Å². The number of carbonyl (C=O) groups excluding carboxylic acids is 2. The Balaban J connectivity index is 2.31. The minimum absolute atomic E-state index is 0.445. The lowest BCUT2D eigenvalue weighted by atomic mass is 10.1. The van der Waals surface area contributed by atoms with Gasteiger partial charge < -0.3 is 10.1 Å². The molecule has 1 unspecified atom stereocenters. The van der Waals surface area contributed by atoms with Crippen LogP contribution in [0.4, 0.5) is 5.69 Å². The van der Waals surface area contributed by atoms with E-state index in [4.69, 9.17) is 4.74 Å². The number of fused-ring (bicyclic) bond motifs is 1. The van der Waals surface area contributed by atoms with Gasteiger partial charge in [0, 0.05) is 24.4 Å². The van der Waals surface area contributed by atoms with E-state index in [2.05, 4.69) is 10.3 Å². The third kappa shape index (κ3) is 2.50. The summed E-state index contributed by atoms with van der Waals surface area (Å²) in [4.78, 5) is 26.5. The number of aliphatic imine (C=N–C) groups is 1. The number of hydrogen-bond donors (Lipinski definition) is 1. The summed E-state index contributed by atoms with van der Waals surface area (Å²) in [6.45, 7) is 3.19. The summed E-state index contributed by atoms with van der Waals surface area (Å²) in [6, 6.07) is 5.58. The summed E-state index contributed by atoms with van der Waals surface area (Å²) in [7, 11) is 0. The highest BCUT2D eigenvalue weighted by atomic mass is 16.6. The van der Waals surface area contributed by atoms with Crippen LogP contribution < -0.4 is 5.32 Å². The Morgan fingerprint density at radius 1 is 1.47 bits per heavy atom. The van der Waals surface area contributed by atoms with Crippen molar-refractivity contribution < 1.29 is 14.3 Å². The molecule has 2 rings (SSSR count). The van der Waals surface area contributed by atoms with Gasteiger partial charge in [-0.1, -0.05) is 11.6 Å². The average molecular weight is 232 g/mol. The lowest BCUT2D eigenvalue weighted by Crippen LogP contribution is -2.29. The van der Waals surface area contributed by atoms with Crippen LogP contribution in [-0.4, -0.2) is 24.3 Å². The van der Waals surface area contributed by atoms with Gasteiger partial charge in [0.25, 0.3) is 12.1 Å². The zero-order valence-corrected chi connectivity index (χ0v) is 9.56. The number of rotatable bonds is 1. The molecule has 0 saturated carbocycles. The Labute approximate surface area is 98.5 Å². The highest BCUT2D eigenvalue weighted by Crippen LogP contribution is 2.19. The fourth-order valence-electron chi connectivity index (χ4n) is 1.55. The zero-order valence-electron chi connectivity index (χ0n) is 9.56. The number of nitrogens with one attached hydrogen (secondary N) is 1. The highest BCUT2D eigenvalue weighted by molar-refractivity contribution is 6.03. The van der Waals surface area contributed by atoms with E-state index in [9.17, 15) is 9.59 Å². The van der Waals surface area contributed by atoms with Crippen LogP contribution in [0.2, 0.25) is 0 Å². The molecule has 1 N–H and O–H groups in total. The van der Waals surface area contributed by atoms with Crippen LogP contribution in [0, 0.1) is 6.92 Å². The first kappa shape index (κ1) is 11.3. The van der Waals surface area contributed by atoms with Crippen molar-refractivity contribution >= 4 is 23.8 Å². The fourth-order valence-corrected chi connectivity index (χ4v) is 1.55. The molecule has 1 aliphatic rings. The van der Waals surface area contributed by atoms with Gasteiger partial charge in [-0.3, -0.25) is 9.59 Å². The van der Waals surface area contributed by atoms with Gasteiger partial charge in [0.2, 0.25) is 0 Å². The third-order valence-electron chi connectivity index (χ3n) is 2.32. The molecule has 0 fully saturated rings. The number of esters is 1. The molecule has 0 bridgehead atoms. The van der Waals surface area contributed by atoms with E-state index in [0.29, 0.717) is 5.69 Å². The maximum atomic E-state index is 11.7. The summed E-state index contributed by atoms with van der Waals surface area (Å²) in [5, 5.41) is 2.66. The number of nitrogens with zero attached hydrogens (tertiary/aromatic N) is 1. The van der Waals surface area contributed by atoms with E-state index < -0.39 is 18.1 Å². The molecule has 1 aromatic carbocycles. The van der Waals surface area contributed by atoms with Crippen LogP contribution in [0.5, 0.6) is 0 Å². The van der Waals surface area contributed by atoms with Gasteiger partial charge in [0.15, 0.2) is 0 Å². The number of amides is 1. The van der Waals surface area contributed by atoms with E-state index in [-0.39, 0.29) is 0 Å². The van der Waals surface area contributed by atoms with Crippen molar-refractivity contribution in [3.05, 3.63) is 29.3 Å². The second kappa shape index (κ2) is 4.37. The molecular formula is C12H12N2O3. The number of aryl methyl sites for hydroxylation is 1. The van der Waals surface area contributed by atoms with E-state index in [1.54, 1.807) is 6.07 Å². The molecule has 1 amide bonds. The Hall–Kier alpha value is -2.17. The second-order valence-corrected chi connectivity index (χ2v) is 3.82. The zero-order chi connectivity index (χ0) is 12.4. The largest absolute Gasteiger partial charge is 0.430 e. The van der Waals surface area contributed by atoms with Gasteiger partial charge in [-0.25, -0.2) is 4.99 Å². The van der Waals surface area contributed by atoms with Crippen molar-refractivity contribution in [2.75, 3.05) is 5.32 Å². The van der Waals surface area contributed by atoms with Gasteiger partial charge in [0.1, 0.15) is 0 Å². The molecule has 1 aliphatic heterocycles. The number of ether oxygens (including phenoxy) is 1. The Morgan fingerprint density at radius 2 is 2.24 bits per heavy atom. The van der Waals surface area contributed by atoms with Gasteiger partial charge >= 0.3 is 5.97 Å². The predicted molar refractivity (Wildman–Crippen MR) is 63.0 cm³/mol. The van der Waals surface area contributed by atoms with Crippen molar-refractivity contribution in [1.82, 2.24) is 0 Å². The lowest BCUT2D eigenvalue weighted by molar-refractivity contribution is -0.151. The van der Waals surface area contributed by atoms with Gasteiger partial charge in [-0.05, 0) is 19.1 Å². The molecule has 17 heavy (non-hydrogen) atoms. The van der Waals surface area contributed by atoms with Crippen LogP contribution in [-0.2, 0) is 14.3 Å². The van der Waals surface area contributed by atoms with E-state index >= 15 is 0 Å². The molecular weight excluding hydrogens is 220 g/mol. The van der Waals surface area contributed by atoms with Crippen LogP contribution in [0.15, 0.2) is 23.2 Å². The number of benzene rings is 1. The summed E-state index contributed by atoms with van der Waals surface area (Å²) in [5.41, 5.74) is 2.53. The van der Waals surface area contributed by atoms with Gasteiger partial charge in [-0.2, -0.15) is 0 Å². The summed E-state index contributed by atoms with van der Waals surface area (Å²) in [6.07, 6.45) is 0.425. The molecule has 0 aromatic heterocycles. The first-order valence-electron chi connectivity index (χ1n) is 5.18. The smallest absolute Gasteiger partial charge is 0.305 e. The third-order valence-corrected chi connectivity index (χ3v) is 2.32. The molecule has 0 saturated heterocycles. The lowest BCUT2D eigenvalue weighted by Gasteiger charge is -2.10. The maximum Gasteiger partial charge on any atom is 0.305 e. The molecule has 5 nitrogen and oxygen atoms in total. The number of hydrogen-bond acceptors (Lipinski definition) is 4.